The highest BCUT2D eigenvalue weighted by molar-refractivity contribution is 9.10. The molecule has 0 saturated heterocycles. The van der Waals surface area contributed by atoms with Crippen LogP contribution >= 0.6 is 15.9 Å². The molecule has 0 bridgehead atoms. The lowest BCUT2D eigenvalue weighted by molar-refractivity contribution is -0.159. The van der Waals surface area contributed by atoms with Crippen molar-refractivity contribution < 1.29 is 29.3 Å². The van der Waals surface area contributed by atoms with Crippen molar-refractivity contribution in [2.45, 2.75) is 38.3 Å². The number of nitrogens with one attached hydrogen (secondary N) is 1. The van der Waals surface area contributed by atoms with E-state index in [0.717, 1.165) is 28.1 Å². The molecule has 3 N–H and O–H groups in total. The lowest BCUT2D eigenvalue weighted by atomic mass is 10.1. The first-order valence-corrected chi connectivity index (χ1v) is 8.28. The van der Waals surface area contributed by atoms with Crippen LogP contribution in [-0.2, 0) is 16.1 Å². The summed E-state index contributed by atoms with van der Waals surface area (Å²) in [7, 11) is 3.36. The SMILES string of the molecule is COc1cc(OC)c(CNC2CCCC2)cc1Br.O=C(O)C(=O)O. The molecule has 1 aromatic rings. The summed E-state index contributed by atoms with van der Waals surface area (Å²) in [5.74, 6) is -1.97. The number of aliphatic carboxylic acids is 2. The van der Waals surface area contributed by atoms with Gasteiger partial charge in [0.25, 0.3) is 0 Å². The van der Waals surface area contributed by atoms with Gasteiger partial charge in [-0.25, -0.2) is 9.59 Å². The molecular formula is C16H22BrNO6. The number of benzene rings is 1. The number of hydrogen-bond donors (Lipinski definition) is 3. The number of rotatable bonds is 5. The highest BCUT2D eigenvalue weighted by atomic mass is 79.9. The van der Waals surface area contributed by atoms with Crippen LogP contribution in [0.2, 0.25) is 0 Å². The Bertz CT molecular complexity index is 560. The molecule has 1 fully saturated rings. The fourth-order valence-electron chi connectivity index (χ4n) is 2.44. The number of halogens is 1. The summed E-state index contributed by atoms with van der Waals surface area (Å²) in [5, 5.41) is 18.4. The molecule has 0 heterocycles. The predicted octanol–water partition coefficient (Wildman–Crippen LogP) is 2.65. The van der Waals surface area contributed by atoms with E-state index in [0.29, 0.717) is 6.04 Å². The molecule has 0 amide bonds. The second kappa shape index (κ2) is 10.1. The lowest BCUT2D eigenvalue weighted by Gasteiger charge is -2.15. The third-order valence-electron chi connectivity index (χ3n) is 3.67. The van der Waals surface area contributed by atoms with E-state index in [4.69, 9.17) is 29.3 Å². The maximum Gasteiger partial charge on any atom is 0.414 e. The molecular weight excluding hydrogens is 382 g/mol. The summed E-state index contributed by atoms with van der Waals surface area (Å²) >= 11 is 3.52. The van der Waals surface area contributed by atoms with Gasteiger partial charge < -0.3 is 25.0 Å². The fourth-order valence-corrected chi connectivity index (χ4v) is 3.00. The molecule has 134 valence electrons. The van der Waals surface area contributed by atoms with E-state index in [2.05, 4.69) is 27.3 Å². The fraction of sp³-hybridized carbons (Fsp3) is 0.500. The maximum absolute atomic E-state index is 9.10. The van der Waals surface area contributed by atoms with Gasteiger partial charge in [0.05, 0.1) is 18.7 Å². The summed E-state index contributed by atoms with van der Waals surface area (Å²) in [6.45, 7) is 0.844. The topological polar surface area (TPSA) is 105 Å². The van der Waals surface area contributed by atoms with Crippen molar-refractivity contribution in [1.29, 1.82) is 0 Å². The van der Waals surface area contributed by atoms with Crippen molar-refractivity contribution in [3.63, 3.8) is 0 Å². The Morgan fingerprint density at radius 3 is 2.12 bits per heavy atom. The van der Waals surface area contributed by atoms with E-state index in [-0.39, 0.29) is 0 Å². The monoisotopic (exact) mass is 403 g/mol. The van der Waals surface area contributed by atoms with Gasteiger partial charge >= 0.3 is 11.9 Å². The van der Waals surface area contributed by atoms with Gasteiger partial charge in [-0.15, -0.1) is 0 Å². The van der Waals surface area contributed by atoms with Crippen molar-refractivity contribution in [2.24, 2.45) is 0 Å². The molecule has 1 aromatic carbocycles. The van der Waals surface area contributed by atoms with Gasteiger partial charge in [0.15, 0.2) is 0 Å². The Morgan fingerprint density at radius 1 is 1.12 bits per heavy atom. The Morgan fingerprint density at radius 2 is 1.67 bits per heavy atom. The zero-order chi connectivity index (χ0) is 18.1. The summed E-state index contributed by atoms with van der Waals surface area (Å²) in [6.07, 6.45) is 5.28. The van der Waals surface area contributed by atoms with Gasteiger partial charge in [0.2, 0.25) is 0 Å². The number of methoxy groups -OCH3 is 2. The summed E-state index contributed by atoms with van der Waals surface area (Å²) in [4.78, 5) is 18.2. The molecule has 0 radical (unpaired) electrons. The molecule has 0 atom stereocenters. The van der Waals surface area contributed by atoms with Crippen molar-refractivity contribution >= 4 is 27.9 Å². The van der Waals surface area contributed by atoms with Crippen LogP contribution in [0.25, 0.3) is 0 Å². The molecule has 1 aliphatic rings. The molecule has 0 aliphatic heterocycles. The number of carboxylic acid groups (broad SMARTS) is 2. The quantitative estimate of drug-likeness (QED) is 0.648. The minimum Gasteiger partial charge on any atom is -0.496 e. The van der Waals surface area contributed by atoms with Gasteiger partial charge in [-0.3, -0.25) is 0 Å². The Hall–Kier alpha value is -1.80. The Kier molecular flexibility index (Phi) is 8.56. The Labute approximate surface area is 149 Å². The molecule has 0 unspecified atom stereocenters. The first-order chi connectivity index (χ1) is 11.4. The standard InChI is InChI=1S/C14H20BrNO2.C2H2O4/c1-17-13-8-14(18-2)12(15)7-10(13)9-16-11-5-3-4-6-11;3-1(4)2(5)6/h7-8,11,16H,3-6,9H2,1-2H3;(H,3,4)(H,5,6). The average molecular weight is 404 g/mol. The number of carbonyl (C=O) groups is 2. The van der Waals surface area contributed by atoms with Crippen molar-refractivity contribution in [1.82, 2.24) is 5.32 Å². The van der Waals surface area contributed by atoms with Crippen LogP contribution in [0.4, 0.5) is 0 Å². The Balaban J connectivity index is 0.000000413. The van der Waals surface area contributed by atoms with E-state index in [1.807, 2.05) is 6.07 Å². The lowest BCUT2D eigenvalue weighted by Crippen LogP contribution is -2.25. The molecule has 2 rings (SSSR count). The van der Waals surface area contributed by atoms with Crippen LogP contribution < -0.4 is 14.8 Å². The molecule has 8 heteroatoms. The van der Waals surface area contributed by atoms with Crippen molar-refractivity contribution in [3.05, 3.63) is 22.2 Å². The minimum absolute atomic E-state index is 0.663. The normalized spacial score (nSPS) is 13.8. The smallest absolute Gasteiger partial charge is 0.414 e. The van der Waals surface area contributed by atoms with Gasteiger partial charge in [0, 0.05) is 24.2 Å². The summed E-state index contributed by atoms with van der Waals surface area (Å²) in [6, 6.07) is 4.66. The molecule has 0 aromatic heterocycles. The highest BCUT2D eigenvalue weighted by Gasteiger charge is 2.16. The van der Waals surface area contributed by atoms with Crippen LogP contribution in [0.5, 0.6) is 11.5 Å². The van der Waals surface area contributed by atoms with Crippen LogP contribution in [-0.4, -0.2) is 42.4 Å². The van der Waals surface area contributed by atoms with Crippen LogP contribution in [0, 0.1) is 0 Å². The van der Waals surface area contributed by atoms with E-state index < -0.39 is 11.9 Å². The molecule has 0 spiro atoms. The van der Waals surface area contributed by atoms with Gasteiger partial charge in [-0.1, -0.05) is 12.8 Å². The highest BCUT2D eigenvalue weighted by Crippen LogP contribution is 2.33. The van der Waals surface area contributed by atoms with Crippen LogP contribution in [0.1, 0.15) is 31.2 Å². The summed E-state index contributed by atoms with van der Waals surface area (Å²) in [5.41, 5.74) is 1.16. The predicted molar refractivity (Wildman–Crippen MR) is 91.6 cm³/mol. The first-order valence-electron chi connectivity index (χ1n) is 7.49. The third-order valence-corrected chi connectivity index (χ3v) is 4.29. The molecule has 7 nitrogen and oxygen atoms in total. The van der Waals surface area contributed by atoms with E-state index >= 15 is 0 Å². The maximum atomic E-state index is 9.10. The van der Waals surface area contributed by atoms with E-state index in [9.17, 15) is 0 Å². The second-order valence-electron chi connectivity index (χ2n) is 5.27. The number of ether oxygens (including phenoxy) is 2. The first kappa shape index (κ1) is 20.2. The van der Waals surface area contributed by atoms with Gasteiger partial charge in [-0.2, -0.15) is 0 Å². The van der Waals surface area contributed by atoms with Gasteiger partial charge in [0.1, 0.15) is 11.5 Å². The number of hydrogen-bond acceptors (Lipinski definition) is 5. The minimum atomic E-state index is -1.82. The average Bonchev–Trinajstić information content (AvgIpc) is 3.07. The zero-order valence-corrected chi connectivity index (χ0v) is 15.3. The van der Waals surface area contributed by atoms with E-state index in [1.165, 1.54) is 25.7 Å². The van der Waals surface area contributed by atoms with E-state index in [1.54, 1.807) is 14.2 Å². The van der Waals surface area contributed by atoms with Crippen molar-refractivity contribution in [2.75, 3.05) is 14.2 Å². The molecule has 1 aliphatic carbocycles. The van der Waals surface area contributed by atoms with Crippen LogP contribution in [0.15, 0.2) is 16.6 Å². The van der Waals surface area contributed by atoms with Gasteiger partial charge in [-0.05, 0) is 34.8 Å². The molecule has 1 saturated carbocycles. The summed E-state index contributed by atoms with van der Waals surface area (Å²) < 4.78 is 11.7. The van der Waals surface area contributed by atoms with Crippen LogP contribution in [0.3, 0.4) is 0 Å². The molecule has 24 heavy (non-hydrogen) atoms. The zero-order valence-electron chi connectivity index (χ0n) is 13.7. The second-order valence-corrected chi connectivity index (χ2v) is 6.13. The number of carboxylic acids is 2. The third kappa shape index (κ3) is 6.37. The largest absolute Gasteiger partial charge is 0.496 e. The van der Waals surface area contributed by atoms with Crippen molar-refractivity contribution in [3.8, 4) is 11.5 Å².